The van der Waals surface area contributed by atoms with Gasteiger partial charge in [0.25, 0.3) is 0 Å². The molecule has 0 aliphatic carbocycles. The van der Waals surface area contributed by atoms with E-state index < -0.39 is 0 Å². The second-order valence-electron chi connectivity index (χ2n) is 5.63. The van der Waals surface area contributed by atoms with Crippen molar-refractivity contribution in [3.05, 3.63) is 35.4 Å². The maximum Gasteiger partial charge on any atom is 0.191 e. The third-order valence-corrected chi connectivity index (χ3v) is 4.04. The van der Waals surface area contributed by atoms with Gasteiger partial charge in [-0.1, -0.05) is 38.1 Å². The van der Waals surface area contributed by atoms with Gasteiger partial charge in [0.2, 0.25) is 0 Å². The number of benzene rings is 1. The van der Waals surface area contributed by atoms with Gasteiger partial charge in [0.1, 0.15) is 0 Å². The average molecular weight is 335 g/mol. The molecule has 136 valence electrons. The molecule has 0 fully saturated rings. The number of nitrogens with zero attached hydrogens (tertiary/aromatic N) is 2. The second kappa shape index (κ2) is 12.8. The number of aliphatic imine (C=N–C) groups is 1. The Labute approximate surface area is 147 Å². The van der Waals surface area contributed by atoms with E-state index in [4.69, 9.17) is 4.74 Å². The van der Waals surface area contributed by atoms with Gasteiger partial charge in [-0.15, -0.1) is 0 Å². The lowest BCUT2D eigenvalue weighted by Crippen LogP contribution is -2.37. The highest BCUT2D eigenvalue weighted by Crippen LogP contribution is 2.11. The first kappa shape index (κ1) is 20.5. The molecule has 0 amide bonds. The predicted molar refractivity (Wildman–Crippen MR) is 102 cm³/mol. The van der Waals surface area contributed by atoms with Crippen LogP contribution in [0.2, 0.25) is 0 Å². The maximum atomic E-state index is 5.35. The first-order chi connectivity index (χ1) is 11.7. The van der Waals surface area contributed by atoms with Crippen LogP contribution in [0.1, 0.15) is 38.3 Å². The minimum absolute atomic E-state index is 0.774. The summed E-state index contributed by atoms with van der Waals surface area (Å²) in [5.41, 5.74) is 2.70. The summed E-state index contributed by atoms with van der Waals surface area (Å²) in [4.78, 5) is 6.72. The van der Waals surface area contributed by atoms with E-state index >= 15 is 0 Å². The lowest BCUT2D eigenvalue weighted by molar-refractivity contribution is 0.145. The molecule has 0 unspecified atom stereocenters. The van der Waals surface area contributed by atoms with Gasteiger partial charge in [0, 0.05) is 39.9 Å². The zero-order valence-electron chi connectivity index (χ0n) is 15.8. The lowest BCUT2D eigenvalue weighted by atomic mass is 10.1. The molecule has 0 atom stereocenters. The fourth-order valence-corrected chi connectivity index (χ4v) is 2.50. The molecule has 1 rings (SSSR count). The van der Waals surface area contributed by atoms with Gasteiger partial charge in [-0.3, -0.25) is 9.89 Å². The van der Waals surface area contributed by atoms with Crippen LogP contribution in [-0.2, 0) is 17.8 Å². The third-order valence-electron chi connectivity index (χ3n) is 4.04. The number of rotatable bonds is 11. The Morgan fingerprint density at radius 3 is 2.42 bits per heavy atom. The minimum atomic E-state index is 0.774. The summed E-state index contributed by atoms with van der Waals surface area (Å²) in [5, 5.41) is 6.74. The van der Waals surface area contributed by atoms with Crippen molar-refractivity contribution in [3.8, 4) is 0 Å². The van der Waals surface area contributed by atoms with Crippen LogP contribution in [0.3, 0.4) is 0 Å². The molecule has 24 heavy (non-hydrogen) atoms. The Morgan fingerprint density at radius 1 is 1.08 bits per heavy atom. The largest absolute Gasteiger partial charge is 0.382 e. The third kappa shape index (κ3) is 7.79. The van der Waals surface area contributed by atoms with Crippen LogP contribution in [0.4, 0.5) is 0 Å². The number of hydrogen-bond donors (Lipinski definition) is 2. The van der Waals surface area contributed by atoms with Gasteiger partial charge < -0.3 is 15.4 Å². The van der Waals surface area contributed by atoms with E-state index in [0.29, 0.717) is 0 Å². The van der Waals surface area contributed by atoms with Crippen molar-refractivity contribution in [2.75, 3.05) is 39.9 Å². The highest BCUT2D eigenvalue weighted by Gasteiger charge is 2.06. The summed E-state index contributed by atoms with van der Waals surface area (Å²) in [7, 11) is 1.81. The first-order valence-electron chi connectivity index (χ1n) is 9.06. The Kier molecular flexibility index (Phi) is 10.9. The quantitative estimate of drug-likeness (QED) is 0.371. The molecule has 0 aliphatic rings. The van der Waals surface area contributed by atoms with E-state index in [9.17, 15) is 0 Å². The Morgan fingerprint density at radius 2 is 1.79 bits per heavy atom. The van der Waals surface area contributed by atoms with Crippen LogP contribution in [0.15, 0.2) is 29.3 Å². The lowest BCUT2D eigenvalue weighted by Gasteiger charge is -2.20. The molecule has 1 aromatic rings. The van der Waals surface area contributed by atoms with Crippen molar-refractivity contribution in [3.63, 3.8) is 0 Å². The van der Waals surface area contributed by atoms with Gasteiger partial charge in [0.15, 0.2) is 5.96 Å². The van der Waals surface area contributed by atoms with E-state index in [1.807, 2.05) is 6.92 Å². The average Bonchev–Trinajstić information content (AvgIpc) is 2.62. The van der Waals surface area contributed by atoms with Crippen molar-refractivity contribution >= 4 is 5.96 Å². The Hall–Kier alpha value is -1.59. The topological polar surface area (TPSA) is 48.9 Å². The highest BCUT2D eigenvalue weighted by atomic mass is 16.5. The monoisotopic (exact) mass is 334 g/mol. The molecule has 0 aromatic heterocycles. The number of hydrogen-bond acceptors (Lipinski definition) is 3. The van der Waals surface area contributed by atoms with Crippen molar-refractivity contribution in [1.29, 1.82) is 0 Å². The fourth-order valence-electron chi connectivity index (χ4n) is 2.50. The van der Waals surface area contributed by atoms with E-state index in [1.165, 1.54) is 11.1 Å². The van der Waals surface area contributed by atoms with Crippen LogP contribution in [-0.4, -0.2) is 50.8 Å². The molecule has 5 heteroatoms. The number of nitrogens with one attached hydrogen (secondary N) is 2. The van der Waals surface area contributed by atoms with Crippen LogP contribution >= 0.6 is 0 Å². The summed E-state index contributed by atoms with van der Waals surface area (Å²) in [6.45, 7) is 12.8. The minimum Gasteiger partial charge on any atom is -0.382 e. The number of ether oxygens (including phenoxy) is 1. The molecule has 1 aromatic carbocycles. The smallest absolute Gasteiger partial charge is 0.191 e. The molecule has 0 bridgehead atoms. The molecule has 0 saturated heterocycles. The van der Waals surface area contributed by atoms with E-state index in [1.54, 1.807) is 7.05 Å². The van der Waals surface area contributed by atoms with Gasteiger partial charge in [-0.25, -0.2) is 0 Å². The Bertz CT molecular complexity index is 472. The standard InChI is InChI=1S/C19H34N4O/c1-5-23(6-2)16-18-12-9-8-11-17(18)15-22-19(20-4)21-13-10-14-24-7-3/h8-9,11-12H,5-7,10,13-16H2,1-4H3,(H2,20,21,22). The fraction of sp³-hybridized carbons (Fsp3) is 0.632. The van der Waals surface area contributed by atoms with Crippen molar-refractivity contribution in [1.82, 2.24) is 15.5 Å². The molecule has 0 heterocycles. The van der Waals surface area contributed by atoms with Gasteiger partial charge in [0.05, 0.1) is 0 Å². The van der Waals surface area contributed by atoms with Gasteiger partial charge >= 0.3 is 0 Å². The Balaban J connectivity index is 2.50. The summed E-state index contributed by atoms with van der Waals surface area (Å²) >= 11 is 0. The molecule has 0 aliphatic heterocycles. The summed E-state index contributed by atoms with van der Waals surface area (Å²) in [5.74, 6) is 0.837. The maximum absolute atomic E-state index is 5.35. The van der Waals surface area contributed by atoms with Crippen molar-refractivity contribution in [2.45, 2.75) is 40.3 Å². The van der Waals surface area contributed by atoms with Crippen molar-refractivity contribution in [2.24, 2.45) is 4.99 Å². The van der Waals surface area contributed by atoms with Gasteiger partial charge in [-0.2, -0.15) is 0 Å². The highest BCUT2D eigenvalue weighted by molar-refractivity contribution is 5.79. The number of guanidine groups is 1. The summed E-state index contributed by atoms with van der Waals surface area (Å²) in [6.07, 6.45) is 0.979. The van der Waals surface area contributed by atoms with Crippen LogP contribution in [0, 0.1) is 0 Å². The SMILES string of the molecule is CCOCCCNC(=NC)NCc1ccccc1CN(CC)CC. The van der Waals surface area contributed by atoms with E-state index in [-0.39, 0.29) is 0 Å². The van der Waals surface area contributed by atoms with Crippen molar-refractivity contribution < 1.29 is 4.74 Å². The second-order valence-corrected chi connectivity index (χ2v) is 5.63. The zero-order chi connectivity index (χ0) is 17.6. The normalized spacial score (nSPS) is 11.8. The molecule has 5 nitrogen and oxygen atoms in total. The zero-order valence-corrected chi connectivity index (χ0v) is 15.8. The van der Waals surface area contributed by atoms with Crippen LogP contribution in [0.25, 0.3) is 0 Å². The summed E-state index contributed by atoms with van der Waals surface area (Å²) < 4.78 is 5.35. The van der Waals surface area contributed by atoms with E-state index in [2.05, 4.69) is 58.6 Å². The first-order valence-corrected chi connectivity index (χ1v) is 9.06. The molecular formula is C19H34N4O. The molecule has 0 spiro atoms. The predicted octanol–water partition coefficient (Wildman–Crippen LogP) is 2.62. The van der Waals surface area contributed by atoms with E-state index in [0.717, 1.165) is 58.3 Å². The molecule has 2 N–H and O–H groups in total. The molecule has 0 radical (unpaired) electrons. The van der Waals surface area contributed by atoms with Gasteiger partial charge in [-0.05, 0) is 37.6 Å². The summed E-state index contributed by atoms with van der Waals surface area (Å²) in [6, 6.07) is 8.62. The molecule has 0 saturated carbocycles. The molecular weight excluding hydrogens is 300 g/mol. The van der Waals surface area contributed by atoms with Crippen LogP contribution in [0.5, 0.6) is 0 Å². The van der Waals surface area contributed by atoms with Crippen LogP contribution < -0.4 is 10.6 Å².